The monoisotopic (exact) mass is 196 g/mol. The van der Waals surface area contributed by atoms with Gasteiger partial charge in [-0.3, -0.25) is 4.79 Å². The lowest BCUT2D eigenvalue weighted by molar-refractivity contribution is 0.0791. The molecule has 1 aliphatic carbocycles. The summed E-state index contributed by atoms with van der Waals surface area (Å²) >= 11 is 1.41. The van der Waals surface area contributed by atoms with Crippen LogP contribution < -0.4 is 5.73 Å². The van der Waals surface area contributed by atoms with Crippen LogP contribution in [0.5, 0.6) is 0 Å². The molecule has 0 bridgehead atoms. The summed E-state index contributed by atoms with van der Waals surface area (Å²) in [5.74, 6) is 0.0648. The number of nitrogen functional groups attached to an aromatic ring is 1. The van der Waals surface area contributed by atoms with Crippen LogP contribution in [-0.2, 0) is 0 Å². The molecule has 2 N–H and O–H groups in total. The normalized spacial score (nSPS) is 15.8. The number of nitrogens with two attached hydrogens (primary N) is 1. The molecule has 0 saturated heterocycles. The van der Waals surface area contributed by atoms with Crippen LogP contribution >= 0.6 is 11.3 Å². The Hall–Kier alpha value is -1.03. The quantitative estimate of drug-likeness (QED) is 0.780. The first kappa shape index (κ1) is 8.56. The number of thiophene rings is 1. The summed E-state index contributed by atoms with van der Waals surface area (Å²) in [6.07, 6.45) is 2.26. The Labute approximate surface area is 81.2 Å². The zero-order valence-electron chi connectivity index (χ0n) is 7.49. The molecule has 1 aliphatic rings. The van der Waals surface area contributed by atoms with Crippen molar-refractivity contribution >= 4 is 22.9 Å². The van der Waals surface area contributed by atoms with Crippen LogP contribution in [0.4, 0.5) is 5.69 Å². The Morgan fingerprint density at radius 1 is 1.69 bits per heavy atom. The number of amides is 1. The molecule has 1 amide bonds. The van der Waals surface area contributed by atoms with Gasteiger partial charge in [0, 0.05) is 13.1 Å². The van der Waals surface area contributed by atoms with Crippen molar-refractivity contribution in [2.24, 2.45) is 0 Å². The minimum atomic E-state index is 0.0648. The molecular formula is C9H12N2OS. The molecule has 0 radical (unpaired) electrons. The van der Waals surface area contributed by atoms with Gasteiger partial charge in [-0.2, -0.15) is 0 Å². The Morgan fingerprint density at radius 2 is 2.38 bits per heavy atom. The van der Waals surface area contributed by atoms with Crippen molar-refractivity contribution in [3.8, 4) is 0 Å². The third-order valence-electron chi connectivity index (χ3n) is 2.30. The summed E-state index contributed by atoms with van der Waals surface area (Å²) in [5.41, 5.74) is 6.26. The van der Waals surface area contributed by atoms with Crippen molar-refractivity contribution < 1.29 is 4.79 Å². The van der Waals surface area contributed by atoms with Crippen molar-refractivity contribution in [3.63, 3.8) is 0 Å². The topological polar surface area (TPSA) is 46.3 Å². The fourth-order valence-corrected chi connectivity index (χ4v) is 2.08. The largest absolute Gasteiger partial charge is 0.397 e. The molecule has 4 heteroatoms. The third-order valence-corrected chi connectivity index (χ3v) is 3.22. The molecule has 1 aromatic rings. The summed E-state index contributed by atoms with van der Waals surface area (Å²) < 4.78 is 0. The molecule has 3 nitrogen and oxygen atoms in total. The molecule has 70 valence electrons. The summed E-state index contributed by atoms with van der Waals surface area (Å²) in [5, 5.41) is 1.85. The van der Waals surface area contributed by atoms with Gasteiger partial charge in [0.25, 0.3) is 5.91 Å². The summed E-state index contributed by atoms with van der Waals surface area (Å²) in [6.45, 7) is 0. The highest BCUT2D eigenvalue weighted by Crippen LogP contribution is 2.29. The first-order valence-corrected chi connectivity index (χ1v) is 5.18. The van der Waals surface area contributed by atoms with Crippen LogP contribution in [-0.4, -0.2) is 23.9 Å². The maximum absolute atomic E-state index is 11.8. The molecule has 0 atom stereocenters. The Kier molecular flexibility index (Phi) is 2.00. The lowest BCUT2D eigenvalue weighted by Gasteiger charge is -2.15. The van der Waals surface area contributed by atoms with E-state index in [9.17, 15) is 4.79 Å². The number of carbonyl (C=O) groups is 1. The average Bonchev–Trinajstić information content (AvgIpc) is 2.87. The van der Waals surface area contributed by atoms with Crippen molar-refractivity contribution in [2.45, 2.75) is 18.9 Å². The number of rotatable bonds is 2. The Balaban J connectivity index is 2.16. The molecule has 1 saturated carbocycles. The zero-order valence-corrected chi connectivity index (χ0v) is 8.30. The van der Waals surface area contributed by atoms with E-state index in [1.165, 1.54) is 11.3 Å². The van der Waals surface area contributed by atoms with Gasteiger partial charge in [-0.1, -0.05) is 0 Å². The third kappa shape index (κ3) is 1.54. The van der Waals surface area contributed by atoms with Crippen LogP contribution in [0.3, 0.4) is 0 Å². The molecule has 0 unspecified atom stereocenters. The molecule has 0 aliphatic heterocycles. The lowest BCUT2D eigenvalue weighted by atomic mass is 10.3. The molecule has 13 heavy (non-hydrogen) atoms. The second-order valence-electron chi connectivity index (χ2n) is 3.35. The van der Waals surface area contributed by atoms with Crippen molar-refractivity contribution in [2.75, 3.05) is 12.8 Å². The number of hydrogen-bond acceptors (Lipinski definition) is 3. The maximum Gasteiger partial charge on any atom is 0.266 e. The number of hydrogen-bond donors (Lipinski definition) is 1. The molecule has 1 aromatic heterocycles. The fourth-order valence-electron chi connectivity index (χ4n) is 1.28. The number of carbonyl (C=O) groups excluding carboxylic acids is 1. The molecule has 1 fully saturated rings. The predicted octanol–water partition coefficient (Wildman–Crippen LogP) is 1.56. The van der Waals surface area contributed by atoms with Gasteiger partial charge in [0.15, 0.2) is 0 Å². The summed E-state index contributed by atoms with van der Waals surface area (Å²) in [6, 6.07) is 2.23. The first-order chi connectivity index (χ1) is 6.20. The lowest BCUT2D eigenvalue weighted by Crippen LogP contribution is -2.28. The van der Waals surface area contributed by atoms with Gasteiger partial charge in [-0.15, -0.1) is 11.3 Å². The van der Waals surface area contributed by atoms with Gasteiger partial charge in [-0.05, 0) is 24.3 Å². The van der Waals surface area contributed by atoms with E-state index in [0.717, 1.165) is 12.8 Å². The van der Waals surface area contributed by atoms with Crippen LogP contribution in [0.15, 0.2) is 11.4 Å². The van der Waals surface area contributed by atoms with E-state index in [1.54, 1.807) is 11.0 Å². The van der Waals surface area contributed by atoms with Crippen molar-refractivity contribution in [1.29, 1.82) is 0 Å². The fraction of sp³-hybridized carbons (Fsp3) is 0.444. The van der Waals surface area contributed by atoms with Crippen LogP contribution in [0, 0.1) is 0 Å². The Morgan fingerprint density at radius 3 is 2.85 bits per heavy atom. The Bertz CT molecular complexity index is 330. The second kappa shape index (κ2) is 3.03. The molecule has 0 aromatic carbocycles. The van der Waals surface area contributed by atoms with Crippen molar-refractivity contribution in [3.05, 3.63) is 16.3 Å². The first-order valence-electron chi connectivity index (χ1n) is 4.30. The van der Waals surface area contributed by atoms with E-state index in [2.05, 4.69) is 0 Å². The highest BCUT2D eigenvalue weighted by molar-refractivity contribution is 7.12. The summed E-state index contributed by atoms with van der Waals surface area (Å²) in [7, 11) is 1.85. The second-order valence-corrected chi connectivity index (χ2v) is 4.27. The average molecular weight is 196 g/mol. The molecule has 2 rings (SSSR count). The highest BCUT2D eigenvalue weighted by atomic mass is 32.1. The van der Waals surface area contributed by atoms with Crippen molar-refractivity contribution in [1.82, 2.24) is 4.90 Å². The maximum atomic E-state index is 11.8. The standard InChI is InChI=1S/C9H12N2OS/c1-11(6-2-3-6)9(12)8-7(10)4-5-13-8/h4-6H,2-3,10H2,1H3. The number of nitrogens with zero attached hydrogens (tertiary/aromatic N) is 1. The smallest absolute Gasteiger partial charge is 0.266 e. The highest BCUT2D eigenvalue weighted by Gasteiger charge is 2.31. The zero-order chi connectivity index (χ0) is 9.42. The van der Waals surface area contributed by atoms with Crippen LogP contribution in [0.25, 0.3) is 0 Å². The SMILES string of the molecule is CN(C(=O)c1sccc1N)C1CC1. The van der Waals surface area contributed by atoms with Gasteiger partial charge in [0.2, 0.25) is 0 Å². The van der Waals surface area contributed by atoms with E-state index in [1.807, 2.05) is 12.4 Å². The van der Waals surface area contributed by atoms with Gasteiger partial charge in [0.05, 0.1) is 5.69 Å². The van der Waals surface area contributed by atoms with E-state index < -0.39 is 0 Å². The van der Waals surface area contributed by atoms with Gasteiger partial charge < -0.3 is 10.6 Å². The van der Waals surface area contributed by atoms with E-state index in [4.69, 9.17) is 5.73 Å². The number of anilines is 1. The van der Waals surface area contributed by atoms with Gasteiger partial charge in [0.1, 0.15) is 4.88 Å². The molecule has 0 spiro atoms. The van der Waals surface area contributed by atoms with Gasteiger partial charge in [-0.25, -0.2) is 0 Å². The molecule has 1 heterocycles. The van der Waals surface area contributed by atoms with E-state index >= 15 is 0 Å². The van der Waals surface area contributed by atoms with E-state index in [-0.39, 0.29) is 5.91 Å². The summed E-state index contributed by atoms with van der Waals surface area (Å²) in [4.78, 5) is 14.2. The predicted molar refractivity (Wildman–Crippen MR) is 53.8 cm³/mol. The molecular weight excluding hydrogens is 184 g/mol. The minimum absolute atomic E-state index is 0.0648. The minimum Gasteiger partial charge on any atom is -0.397 e. The van der Waals surface area contributed by atoms with Gasteiger partial charge >= 0.3 is 0 Å². The van der Waals surface area contributed by atoms with Crippen LogP contribution in [0.1, 0.15) is 22.5 Å². The van der Waals surface area contributed by atoms with Crippen LogP contribution in [0.2, 0.25) is 0 Å². The van der Waals surface area contributed by atoms with E-state index in [0.29, 0.717) is 16.6 Å².